The molecule has 0 aliphatic heterocycles. The van der Waals surface area contributed by atoms with Gasteiger partial charge in [-0.15, -0.1) is 0 Å². The molecule has 0 saturated carbocycles. The first-order valence-corrected chi connectivity index (χ1v) is 6.12. The third-order valence-corrected chi connectivity index (χ3v) is 3.44. The maximum absolute atomic E-state index is 11.0. The van der Waals surface area contributed by atoms with Gasteiger partial charge in [0, 0.05) is 14.8 Å². The molecule has 0 unspecified atom stereocenters. The van der Waals surface area contributed by atoms with Crippen molar-refractivity contribution in [1.29, 1.82) is 0 Å². The van der Waals surface area contributed by atoms with Crippen LogP contribution in [0.1, 0.15) is 10.4 Å². The Morgan fingerprint density at radius 3 is 2.59 bits per heavy atom. The Hall–Kier alpha value is -1.45. The van der Waals surface area contributed by atoms with Crippen molar-refractivity contribution < 1.29 is 9.90 Å². The van der Waals surface area contributed by atoms with Crippen LogP contribution in [0.2, 0.25) is 5.02 Å². The number of rotatable bonds is 3. The van der Waals surface area contributed by atoms with Gasteiger partial charge >= 0.3 is 5.97 Å². The summed E-state index contributed by atoms with van der Waals surface area (Å²) in [6.45, 7) is 0. The standard InChI is InChI=1S/C13H9ClO2S/c14-9-4-3-5-10(8-9)17-12-7-2-1-6-11(12)13(15)16/h1-8H,(H,15,16). The lowest BCUT2D eigenvalue weighted by atomic mass is 10.2. The molecule has 4 heteroatoms. The van der Waals surface area contributed by atoms with Gasteiger partial charge in [0.2, 0.25) is 0 Å². The third kappa shape index (κ3) is 3.02. The van der Waals surface area contributed by atoms with Crippen LogP contribution < -0.4 is 0 Å². The molecule has 0 bridgehead atoms. The first-order valence-electron chi connectivity index (χ1n) is 4.92. The zero-order valence-corrected chi connectivity index (χ0v) is 10.3. The fraction of sp³-hybridized carbons (Fsp3) is 0. The van der Waals surface area contributed by atoms with Crippen molar-refractivity contribution in [2.45, 2.75) is 9.79 Å². The van der Waals surface area contributed by atoms with Gasteiger partial charge in [0.25, 0.3) is 0 Å². The van der Waals surface area contributed by atoms with Gasteiger partial charge in [-0.25, -0.2) is 4.79 Å². The summed E-state index contributed by atoms with van der Waals surface area (Å²) in [7, 11) is 0. The predicted octanol–water partition coefficient (Wildman–Crippen LogP) is 4.19. The first-order chi connectivity index (χ1) is 8.16. The third-order valence-electron chi connectivity index (χ3n) is 2.14. The molecule has 0 spiro atoms. The molecule has 0 fully saturated rings. The molecule has 0 amide bonds. The van der Waals surface area contributed by atoms with Crippen LogP contribution in [0.5, 0.6) is 0 Å². The van der Waals surface area contributed by atoms with Gasteiger partial charge in [-0.1, -0.05) is 41.6 Å². The van der Waals surface area contributed by atoms with Crippen LogP contribution in [0.25, 0.3) is 0 Å². The van der Waals surface area contributed by atoms with E-state index < -0.39 is 5.97 Å². The van der Waals surface area contributed by atoms with E-state index in [-0.39, 0.29) is 0 Å². The quantitative estimate of drug-likeness (QED) is 0.903. The van der Waals surface area contributed by atoms with Gasteiger partial charge in [-0.2, -0.15) is 0 Å². The molecule has 2 aromatic rings. The summed E-state index contributed by atoms with van der Waals surface area (Å²) in [5.74, 6) is -0.921. The summed E-state index contributed by atoms with van der Waals surface area (Å²) < 4.78 is 0. The fourth-order valence-corrected chi connectivity index (χ4v) is 2.64. The number of hydrogen-bond acceptors (Lipinski definition) is 2. The Morgan fingerprint density at radius 1 is 1.12 bits per heavy atom. The number of hydrogen-bond donors (Lipinski definition) is 1. The molecular formula is C13H9ClO2S. The van der Waals surface area contributed by atoms with Crippen molar-refractivity contribution in [3.63, 3.8) is 0 Å². The Balaban J connectivity index is 2.33. The van der Waals surface area contributed by atoms with E-state index in [0.717, 1.165) is 4.90 Å². The van der Waals surface area contributed by atoms with E-state index in [9.17, 15) is 4.79 Å². The molecule has 2 rings (SSSR count). The van der Waals surface area contributed by atoms with Crippen molar-refractivity contribution in [3.8, 4) is 0 Å². The first kappa shape index (κ1) is 12.0. The molecule has 2 nitrogen and oxygen atoms in total. The topological polar surface area (TPSA) is 37.3 Å². The van der Waals surface area contributed by atoms with Gasteiger partial charge in [0.15, 0.2) is 0 Å². The number of benzene rings is 2. The minimum Gasteiger partial charge on any atom is -0.478 e. The molecule has 0 heterocycles. The lowest BCUT2D eigenvalue weighted by Crippen LogP contribution is -1.97. The molecule has 0 aromatic heterocycles. The summed E-state index contributed by atoms with van der Waals surface area (Å²) in [5, 5.41) is 9.70. The van der Waals surface area contributed by atoms with Crippen LogP contribution >= 0.6 is 23.4 Å². The highest BCUT2D eigenvalue weighted by Crippen LogP contribution is 2.31. The van der Waals surface area contributed by atoms with Crippen molar-refractivity contribution in [1.82, 2.24) is 0 Å². The summed E-state index contributed by atoms with van der Waals surface area (Å²) in [6, 6.07) is 14.2. The monoisotopic (exact) mass is 264 g/mol. The van der Waals surface area contributed by atoms with Crippen molar-refractivity contribution in [2.24, 2.45) is 0 Å². The summed E-state index contributed by atoms with van der Waals surface area (Å²) >= 11 is 7.28. The number of carboxylic acid groups (broad SMARTS) is 1. The Kier molecular flexibility index (Phi) is 3.71. The minimum atomic E-state index is -0.921. The van der Waals surface area contributed by atoms with Crippen LogP contribution in [0.3, 0.4) is 0 Å². The van der Waals surface area contributed by atoms with E-state index in [4.69, 9.17) is 16.7 Å². The van der Waals surface area contributed by atoms with Gasteiger partial charge < -0.3 is 5.11 Å². The predicted molar refractivity (Wildman–Crippen MR) is 69.0 cm³/mol. The molecule has 17 heavy (non-hydrogen) atoms. The number of carbonyl (C=O) groups is 1. The highest BCUT2D eigenvalue weighted by atomic mass is 35.5. The summed E-state index contributed by atoms with van der Waals surface area (Å²) in [4.78, 5) is 12.7. The smallest absolute Gasteiger partial charge is 0.336 e. The van der Waals surface area contributed by atoms with Gasteiger partial charge in [-0.3, -0.25) is 0 Å². The SMILES string of the molecule is O=C(O)c1ccccc1Sc1cccc(Cl)c1. The largest absolute Gasteiger partial charge is 0.478 e. The molecular weight excluding hydrogens is 256 g/mol. The van der Waals surface area contributed by atoms with E-state index in [1.807, 2.05) is 24.3 Å². The van der Waals surface area contributed by atoms with Crippen molar-refractivity contribution in [3.05, 3.63) is 59.1 Å². The van der Waals surface area contributed by atoms with Crippen LogP contribution in [0.15, 0.2) is 58.3 Å². The van der Waals surface area contributed by atoms with E-state index in [1.165, 1.54) is 11.8 Å². The van der Waals surface area contributed by atoms with E-state index in [0.29, 0.717) is 15.5 Å². The Bertz CT molecular complexity index is 555. The maximum atomic E-state index is 11.0. The summed E-state index contributed by atoms with van der Waals surface area (Å²) in [5.41, 5.74) is 0.303. The lowest BCUT2D eigenvalue weighted by molar-refractivity contribution is 0.0693. The average molecular weight is 265 g/mol. The molecule has 86 valence electrons. The number of aromatic carboxylic acids is 1. The lowest BCUT2D eigenvalue weighted by Gasteiger charge is -2.05. The molecule has 0 saturated heterocycles. The number of halogens is 1. The molecule has 1 N–H and O–H groups in total. The second-order valence-corrected chi connectivity index (χ2v) is 4.91. The normalized spacial score (nSPS) is 10.2. The van der Waals surface area contributed by atoms with Crippen LogP contribution in [0.4, 0.5) is 0 Å². The molecule has 0 aliphatic carbocycles. The van der Waals surface area contributed by atoms with Gasteiger partial charge in [0.1, 0.15) is 0 Å². The average Bonchev–Trinajstić information content (AvgIpc) is 2.29. The van der Waals surface area contributed by atoms with Crippen LogP contribution in [-0.2, 0) is 0 Å². The van der Waals surface area contributed by atoms with Crippen LogP contribution in [-0.4, -0.2) is 11.1 Å². The van der Waals surface area contributed by atoms with Gasteiger partial charge in [0.05, 0.1) is 5.56 Å². The molecule has 0 atom stereocenters. The molecule has 0 aliphatic rings. The number of carboxylic acids is 1. The van der Waals surface area contributed by atoms with Crippen molar-refractivity contribution in [2.75, 3.05) is 0 Å². The minimum absolute atomic E-state index is 0.303. The van der Waals surface area contributed by atoms with Crippen LogP contribution in [0, 0.1) is 0 Å². The van der Waals surface area contributed by atoms with Crippen molar-refractivity contribution >= 4 is 29.3 Å². The second kappa shape index (κ2) is 5.25. The molecule has 2 aromatic carbocycles. The van der Waals surface area contributed by atoms with E-state index in [2.05, 4.69) is 0 Å². The molecule has 0 radical (unpaired) electrons. The highest BCUT2D eigenvalue weighted by Gasteiger charge is 2.09. The zero-order valence-electron chi connectivity index (χ0n) is 8.76. The summed E-state index contributed by atoms with van der Waals surface area (Å²) in [6.07, 6.45) is 0. The maximum Gasteiger partial charge on any atom is 0.336 e. The highest BCUT2D eigenvalue weighted by molar-refractivity contribution is 7.99. The Labute approximate surface area is 108 Å². The fourth-order valence-electron chi connectivity index (χ4n) is 1.39. The second-order valence-electron chi connectivity index (χ2n) is 3.36. The van der Waals surface area contributed by atoms with E-state index >= 15 is 0 Å². The van der Waals surface area contributed by atoms with Gasteiger partial charge in [-0.05, 0) is 30.3 Å². The zero-order chi connectivity index (χ0) is 12.3. The van der Waals surface area contributed by atoms with E-state index in [1.54, 1.807) is 24.3 Å². The Morgan fingerprint density at radius 2 is 1.88 bits per heavy atom.